The lowest BCUT2D eigenvalue weighted by molar-refractivity contribution is 0.174. The van der Waals surface area contributed by atoms with Crippen LogP contribution in [-0.4, -0.2) is 21.5 Å². The molecule has 35 heavy (non-hydrogen) atoms. The number of benzene rings is 2. The van der Waals surface area contributed by atoms with Crippen molar-refractivity contribution in [3.63, 3.8) is 0 Å². The summed E-state index contributed by atoms with van der Waals surface area (Å²) in [7, 11) is 0. The molecule has 6 rings (SSSR count). The first kappa shape index (κ1) is 21.7. The molecule has 176 valence electrons. The van der Waals surface area contributed by atoms with Gasteiger partial charge in [0.2, 0.25) is 6.79 Å². The number of ether oxygens (including phenoxy) is 2. The average Bonchev–Trinajstić information content (AvgIpc) is 3.55. The van der Waals surface area contributed by atoms with E-state index in [4.69, 9.17) is 21.7 Å². The maximum atomic E-state index is 5.90. The quantitative estimate of drug-likeness (QED) is 0.377. The Bertz CT molecular complexity index is 1420. The molecular weight excluding hydrogens is 456 g/mol. The van der Waals surface area contributed by atoms with Crippen LogP contribution in [0.2, 0.25) is 0 Å². The highest BCUT2D eigenvalue weighted by Crippen LogP contribution is 2.46. The fraction of sp³-hybridized carbons (Fsp3) is 0.214. The third-order valence-corrected chi connectivity index (χ3v) is 7.13. The molecule has 4 aromatic rings. The van der Waals surface area contributed by atoms with Crippen molar-refractivity contribution in [2.24, 2.45) is 0 Å². The summed E-state index contributed by atoms with van der Waals surface area (Å²) < 4.78 is 13.5. The summed E-state index contributed by atoms with van der Waals surface area (Å²) in [5.41, 5.74) is 7.83. The van der Waals surface area contributed by atoms with Gasteiger partial charge in [0.1, 0.15) is 0 Å². The van der Waals surface area contributed by atoms with Gasteiger partial charge in [0.05, 0.1) is 17.8 Å². The summed E-state index contributed by atoms with van der Waals surface area (Å²) in [6, 6.07) is 22.7. The first-order valence-electron chi connectivity index (χ1n) is 11.7. The number of fused-ring (bicyclic) bond motifs is 1. The summed E-state index contributed by atoms with van der Waals surface area (Å²) in [5, 5.41) is 4.21. The van der Waals surface area contributed by atoms with Crippen LogP contribution in [0.3, 0.4) is 0 Å². The zero-order chi connectivity index (χ0) is 24.1. The van der Waals surface area contributed by atoms with Crippen molar-refractivity contribution in [2.45, 2.75) is 32.9 Å². The fourth-order valence-corrected chi connectivity index (χ4v) is 5.51. The highest BCUT2D eigenvalue weighted by Gasteiger charge is 2.42. The number of aromatic nitrogens is 2. The van der Waals surface area contributed by atoms with Gasteiger partial charge in [-0.25, -0.2) is 0 Å². The fourth-order valence-electron chi connectivity index (χ4n) is 5.16. The molecule has 2 aromatic carbocycles. The Balaban J connectivity index is 1.51. The number of thiocarbonyl (C=S) groups is 1. The molecule has 0 radical (unpaired) electrons. The molecule has 2 unspecified atom stereocenters. The minimum Gasteiger partial charge on any atom is -0.454 e. The summed E-state index contributed by atoms with van der Waals surface area (Å²) in [5.74, 6) is 1.48. The molecule has 0 bridgehead atoms. The second-order valence-corrected chi connectivity index (χ2v) is 9.42. The number of hydrogen-bond donors (Lipinski definition) is 1. The van der Waals surface area contributed by atoms with E-state index in [0.29, 0.717) is 5.11 Å². The molecule has 1 fully saturated rings. The van der Waals surface area contributed by atoms with E-state index in [9.17, 15) is 0 Å². The molecule has 1 saturated heterocycles. The molecule has 2 atom stereocenters. The van der Waals surface area contributed by atoms with Crippen molar-refractivity contribution in [1.82, 2.24) is 14.9 Å². The zero-order valence-corrected chi connectivity index (χ0v) is 20.7. The normalized spacial score (nSPS) is 18.7. The minimum atomic E-state index is -0.110. The number of anilines is 1. The van der Waals surface area contributed by atoms with Crippen molar-refractivity contribution in [2.75, 3.05) is 11.7 Å². The number of nitrogens with zero attached hydrogens (tertiary/aromatic N) is 3. The van der Waals surface area contributed by atoms with Gasteiger partial charge in [-0.3, -0.25) is 4.98 Å². The van der Waals surface area contributed by atoms with Crippen LogP contribution in [0.4, 0.5) is 5.69 Å². The van der Waals surface area contributed by atoms with Gasteiger partial charge in [0.25, 0.3) is 0 Å². The molecule has 0 aliphatic carbocycles. The van der Waals surface area contributed by atoms with Crippen molar-refractivity contribution in [3.05, 3.63) is 101 Å². The van der Waals surface area contributed by atoms with Gasteiger partial charge in [-0.2, -0.15) is 0 Å². The highest BCUT2D eigenvalue weighted by atomic mass is 32.1. The maximum Gasteiger partial charge on any atom is 0.231 e. The van der Waals surface area contributed by atoms with Crippen molar-refractivity contribution in [1.29, 1.82) is 0 Å². The van der Waals surface area contributed by atoms with E-state index in [0.717, 1.165) is 28.6 Å². The van der Waals surface area contributed by atoms with E-state index < -0.39 is 0 Å². The molecule has 4 heterocycles. The van der Waals surface area contributed by atoms with Gasteiger partial charge in [-0.05, 0) is 81.0 Å². The molecule has 2 aliphatic heterocycles. The van der Waals surface area contributed by atoms with Gasteiger partial charge in [-0.1, -0.05) is 23.8 Å². The van der Waals surface area contributed by atoms with Gasteiger partial charge in [0, 0.05) is 35.0 Å². The summed E-state index contributed by atoms with van der Waals surface area (Å²) in [6.07, 6.45) is 1.83. The maximum absolute atomic E-state index is 5.90. The Hall–Kier alpha value is -3.84. The monoisotopic (exact) mass is 482 g/mol. The third-order valence-electron chi connectivity index (χ3n) is 6.81. The average molecular weight is 483 g/mol. The smallest absolute Gasteiger partial charge is 0.231 e. The van der Waals surface area contributed by atoms with Crippen LogP contribution in [0, 0.1) is 20.8 Å². The molecule has 0 saturated carbocycles. The van der Waals surface area contributed by atoms with Crippen LogP contribution in [0.25, 0.3) is 5.69 Å². The van der Waals surface area contributed by atoms with Crippen LogP contribution >= 0.6 is 12.2 Å². The van der Waals surface area contributed by atoms with Crippen LogP contribution in [0.5, 0.6) is 11.5 Å². The van der Waals surface area contributed by atoms with Gasteiger partial charge >= 0.3 is 0 Å². The van der Waals surface area contributed by atoms with Crippen LogP contribution in [0.15, 0.2) is 72.9 Å². The van der Waals surface area contributed by atoms with Crippen molar-refractivity contribution in [3.8, 4) is 17.2 Å². The Kier molecular flexibility index (Phi) is 5.22. The van der Waals surface area contributed by atoms with Gasteiger partial charge < -0.3 is 24.3 Å². The first-order chi connectivity index (χ1) is 17.0. The zero-order valence-electron chi connectivity index (χ0n) is 19.9. The predicted octanol–water partition coefficient (Wildman–Crippen LogP) is 5.70. The number of rotatable bonds is 4. The topological polar surface area (TPSA) is 51.6 Å². The highest BCUT2D eigenvalue weighted by molar-refractivity contribution is 7.80. The van der Waals surface area contributed by atoms with Crippen LogP contribution in [0.1, 0.15) is 40.3 Å². The molecule has 1 N–H and O–H groups in total. The van der Waals surface area contributed by atoms with Crippen molar-refractivity contribution >= 4 is 23.0 Å². The van der Waals surface area contributed by atoms with Gasteiger partial charge in [0.15, 0.2) is 16.6 Å². The lowest BCUT2D eigenvalue weighted by atomic mass is 9.96. The number of aryl methyl sites for hydroxylation is 2. The molecule has 2 aliphatic rings. The summed E-state index contributed by atoms with van der Waals surface area (Å²) >= 11 is 5.90. The first-order valence-corrected chi connectivity index (χ1v) is 12.1. The van der Waals surface area contributed by atoms with E-state index in [1.807, 2.05) is 36.5 Å². The van der Waals surface area contributed by atoms with E-state index >= 15 is 0 Å². The van der Waals surface area contributed by atoms with E-state index in [-0.39, 0.29) is 18.9 Å². The molecule has 0 amide bonds. The predicted molar refractivity (Wildman–Crippen MR) is 140 cm³/mol. The molecular formula is C28H26N4O2S. The molecule has 6 nitrogen and oxygen atoms in total. The Labute approximate surface area is 210 Å². The second-order valence-electron chi connectivity index (χ2n) is 9.03. The largest absolute Gasteiger partial charge is 0.454 e. The van der Waals surface area contributed by atoms with E-state index in [2.05, 4.69) is 76.9 Å². The third kappa shape index (κ3) is 3.63. The molecule has 2 aromatic heterocycles. The molecule has 0 spiro atoms. The number of pyridine rings is 1. The van der Waals surface area contributed by atoms with Crippen LogP contribution in [-0.2, 0) is 0 Å². The number of hydrogen-bond acceptors (Lipinski definition) is 4. The lowest BCUT2D eigenvalue weighted by Gasteiger charge is -2.28. The second kappa shape index (κ2) is 8.43. The van der Waals surface area contributed by atoms with E-state index in [1.165, 1.54) is 22.5 Å². The summed E-state index contributed by atoms with van der Waals surface area (Å²) in [4.78, 5) is 6.86. The van der Waals surface area contributed by atoms with E-state index in [1.54, 1.807) is 0 Å². The Morgan fingerprint density at radius 2 is 1.69 bits per heavy atom. The Morgan fingerprint density at radius 3 is 2.46 bits per heavy atom. The number of nitrogens with one attached hydrogen (secondary N) is 1. The molecule has 7 heteroatoms. The lowest BCUT2D eigenvalue weighted by Crippen LogP contribution is -2.29. The van der Waals surface area contributed by atoms with Gasteiger partial charge in [-0.15, -0.1) is 0 Å². The Morgan fingerprint density at radius 1 is 0.914 bits per heavy atom. The minimum absolute atomic E-state index is 0.0943. The standard InChI is InChI=1S/C28H26N4O2S/c1-17-7-9-20(10-8-17)31-18(2)14-22(19(31)3)27-26(23-6-4-5-13-29-23)30-28(35)32(27)21-11-12-24-25(15-21)34-16-33-24/h4-15,26-27H,16H2,1-3H3,(H,30,35). The SMILES string of the molecule is Cc1ccc(-n2c(C)cc(C3C(c4ccccn4)NC(=S)N3c3ccc4c(c3)OCO4)c2C)cc1. The van der Waals surface area contributed by atoms with Crippen molar-refractivity contribution < 1.29 is 9.47 Å². The van der Waals surface area contributed by atoms with Crippen LogP contribution < -0.4 is 19.7 Å². The summed E-state index contributed by atoms with van der Waals surface area (Å²) in [6.45, 7) is 6.67.